The maximum atomic E-state index is 12.8. The summed E-state index contributed by atoms with van der Waals surface area (Å²) in [7, 11) is 0. The molecule has 0 saturated heterocycles. The molecule has 26 heteroatoms. The van der Waals surface area contributed by atoms with Crippen LogP contribution in [0, 0.1) is 56.3 Å². The summed E-state index contributed by atoms with van der Waals surface area (Å²) in [5.74, 6) is 17.3. The predicted molar refractivity (Wildman–Crippen MR) is 354 cm³/mol. The summed E-state index contributed by atoms with van der Waals surface area (Å²) in [4.78, 5) is 69.2. The van der Waals surface area contributed by atoms with Crippen LogP contribution < -0.4 is 16.0 Å². The quantitative estimate of drug-likeness (QED) is 0.114. The Hall–Kier alpha value is -14.5. The van der Waals surface area contributed by atoms with Gasteiger partial charge >= 0.3 is 0 Å². The monoisotopic (exact) mass is 1260 g/mol. The normalized spacial score (nSPS) is 10.5. The van der Waals surface area contributed by atoms with Gasteiger partial charge in [-0.25, -0.2) is 42.8 Å². The maximum absolute atomic E-state index is 12.8. The summed E-state index contributed by atoms with van der Waals surface area (Å²) >= 11 is 0. The number of aromatic nitrogens is 20. The third kappa shape index (κ3) is 14.6. The third-order valence-electron chi connectivity index (χ3n) is 13.9. The van der Waals surface area contributed by atoms with Crippen LogP contribution in [0.2, 0.25) is 0 Å². The van der Waals surface area contributed by atoms with E-state index >= 15 is 0 Å². The lowest BCUT2D eigenvalue weighted by atomic mass is 10.1. The second-order valence-electron chi connectivity index (χ2n) is 21.1. The van der Waals surface area contributed by atoms with Gasteiger partial charge in [-0.15, -0.1) is 0 Å². The largest absolute Gasteiger partial charge is 0.322 e. The summed E-state index contributed by atoms with van der Waals surface area (Å²) in [5, 5.41) is 38.1. The zero-order valence-electron chi connectivity index (χ0n) is 51.0. The Morgan fingerprint density at radius 1 is 0.365 bits per heavy atom. The average Bonchev–Trinajstić information content (AvgIpc) is 1.55. The molecule has 0 aliphatic heterocycles. The van der Waals surface area contributed by atoms with Crippen LogP contribution in [0.25, 0.3) is 34.0 Å². The SMILES string of the molecule is Cc1cc(NC(=O)c2cncc(C#Cc3cnc4cccnn34)c2)cc(-n2cccn2)c1.Cc1cc(NC(=O)c2cncc(C#Cc3cnc4cccnn34)c2)cc(-n2cncn2)c1.Cc1cc(NC(=O)c2cncc(C#Cc3cnc4cccnn34)c2)cc(-n2nccn2)c1. The molecule has 3 amide bonds. The summed E-state index contributed by atoms with van der Waals surface area (Å²) in [6.07, 6.45) is 29.2. The molecular weight excluding hydrogens is 1210 g/mol. The van der Waals surface area contributed by atoms with Crippen molar-refractivity contribution in [2.45, 2.75) is 20.8 Å². The van der Waals surface area contributed by atoms with E-state index < -0.39 is 0 Å². The number of hydrogen-bond donors (Lipinski definition) is 3. The molecular formula is C70H49N23O3. The van der Waals surface area contributed by atoms with Gasteiger partial charge in [-0.1, -0.05) is 17.8 Å². The van der Waals surface area contributed by atoms with Gasteiger partial charge in [0.1, 0.15) is 29.7 Å². The van der Waals surface area contributed by atoms with Crippen LogP contribution in [0.15, 0.2) is 227 Å². The van der Waals surface area contributed by atoms with Crippen molar-refractivity contribution in [1.82, 2.24) is 98.3 Å². The molecule has 0 fully saturated rings. The van der Waals surface area contributed by atoms with Crippen LogP contribution in [0.4, 0.5) is 17.1 Å². The summed E-state index contributed by atoms with van der Waals surface area (Å²) in [6, 6.07) is 35.0. The van der Waals surface area contributed by atoms with Crippen LogP contribution in [0.5, 0.6) is 0 Å². The molecule has 462 valence electrons. The Morgan fingerprint density at radius 3 is 1.16 bits per heavy atom. The lowest BCUT2D eigenvalue weighted by Gasteiger charge is -2.09. The fourth-order valence-electron chi connectivity index (χ4n) is 9.66. The van der Waals surface area contributed by atoms with E-state index in [1.165, 1.54) is 29.7 Å². The first kappa shape index (κ1) is 60.5. The first-order valence-corrected chi connectivity index (χ1v) is 29.3. The van der Waals surface area contributed by atoms with Crippen molar-refractivity contribution < 1.29 is 14.4 Å². The van der Waals surface area contributed by atoms with Gasteiger partial charge in [0.25, 0.3) is 17.7 Å². The number of rotatable bonds is 9. The number of pyridine rings is 3. The minimum atomic E-state index is -0.289. The van der Waals surface area contributed by atoms with E-state index in [0.717, 1.165) is 39.4 Å². The standard InChI is InChI=1S/C24H17N7O.2C23H16N8O/c1-17-10-20(13-22(11-17)30-9-3-8-27-30)29-24(32)19-12-18(14-25-15-19)5-6-21-16-26-23-4-2-7-28-31(21)23;1-16-7-19(10-21(8-16)30-15-25-14-28-30)29-23(32)18-9-17(11-24-12-18)4-5-20-13-26-22-3-2-6-27-31(20)22;1-16-9-19(12-21(10-16)31-27-7-8-28-31)29-23(32)18-11-17(13-24-14-18)4-5-20-15-25-22-3-2-6-26-30(20)22/h2-4,7-16H,1H3,(H,29,32);2*2-3,6-15H,1H3,(H,29,32). The first-order valence-electron chi connectivity index (χ1n) is 29.3. The molecule has 26 nitrogen and oxygen atoms in total. The van der Waals surface area contributed by atoms with Gasteiger partial charge < -0.3 is 16.0 Å². The second kappa shape index (κ2) is 27.7. The van der Waals surface area contributed by atoms with Crippen molar-refractivity contribution in [3.05, 3.63) is 294 Å². The van der Waals surface area contributed by atoms with E-state index in [1.54, 1.807) is 128 Å². The average molecular weight is 1260 g/mol. The number of fused-ring (bicyclic) bond motifs is 3. The molecule has 0 radical (unpaired) electrons. The zero-order chi connectivity index (χ0) is 65.7. The molecule has 0 unspecified atom stereocenters. The van der Waals surface area contributed by atoms with Crippen molar-refractivity contribution in [1.29, 1.82) is 0 Å². The molecule has 12 heterocycles. The Balaban J connectivity index is 0.000000130. The smallest absolute Gasteiger partial charge is 0.257 e. The highest BCUT2D eigenvalue weighted by molar-refractivity contribution is 6.06. The molecule has 3 N–H and O–H groups in total. The summed E-state index contributed by atoms with van der Waals surface area (Å²) in [6.45, 7) is 5.85. The zero-order valence-corrected chi connectivity index (χ0v) is 51.0. The minimum absolute atomic E-state index is 0.269. The molecule has 0 aliphatic carbocycles. The Labute approximate surface area is 545 Å². The molecule has 0 atom stereocenters. The molecule has 0 spiro atoms. The maximum Gasteiger partial charge on any atom is 0.257 e. The molecule has 12 aromatic heterocycles. The first-order chi connectivity index (χ1) is 47.0. The molecule has 3 aromatic carbocycles. The number of carbonyl (C=O) groups excluding carboxylic acids is 3. The van der Waals surface area contributed by atoms with Crippen LogP contribution in [-0.4, -0.2) is 116 Å². The molecule has 96 heavy (non-hydrogen) atoms. The number of aryl methyl sites for hydroxylation is 3. The van der Waals surface area contributed by atoms with Crippen molar-refractivity contribution in [2.75, 3.05) is 16.0 Å². The van der Waals surface area contributed by atoms with E-state index in [0.29, 0.717) is 78.8 Å². The van der Waals surface area contributed by atoms with Gasteiger partial charge in [0, 0.05) is 102 Å². The highest BCUT2D eigenvalue weighted by atomic mass is 16.2. The number of anilines is 3. The Kier molecular flexibility index (Phi) is 17.5. The molecule has 0 saturated carbocycles. The minimum Gasteiger partial charge on any atom is -0.322 e. The fourth-order valence-corrected chi connectivity index (χ4v) is 9.66. The van der Waals surface area contributed by atoms with Crippen LogP contribution in [0.3, 0.4) is 0 Å². The molecule has 15 aromatic rings. The van der Waals surface area contributed by atoms with E-state index in [9.17, 15) is 14.4 Å². The highest BCUT2D eigenvalue weighted by Crippen LogP contribution is 2.22. The molecule has 0 aliphatic rings. The number of hydrogen-bond acceptors (Lipinski definition) is 17. The summed E-state index contributed by atoms with van der Waals surface area (Å²) in [5.41, 5.74) is 14.5. The van der Waals surface area contributed by atoms with Gasteiger partial charge in [0.15, 0.2) is 16.9 Å². The van der Waals surface area contributed by atoms with E-state index in [2.05, 4.69) is 122 Å². The Bertz CT molecular complexity index is 5020. The van der Waals surface area contributed by atoms with Crippen molar-refractivity contribution in [3.63, 3.8) is 0 Å². The number of imidazole rings is 3. The number of nitrogens with one attached hydrogen (secondary N) is 3. The van der Waals surface area contributed by atoms with Gasteiger partial charge in [-0.05, 0) is 170 Å². The second-order valence-corrected chi connectivity index (χ2v) is 21.1. The number of amides is 3. The number of benzene rings is 3. The lowest BCUT2D eigenvalue weighted by Crippen LogP contribution is -2.13. The van der Waals surface area contributed by atoms with E-state index in [-0.39, 0.29) is 17.7 Å². The van der Waals surface area contributed by atoms with Crippen molar-refractivity contribution >= 4 is 51.7 Å². The molecule has 15 rings (SSSR count). The van der Waals surface area contributed by atoms with Gasteiger partial charge in [-0.2, -0.15) is 40.5 Å². The van der Waals surface area contributed by atoms with Crippen molar-refractivity contribution in [3.8, 4) is 52.6 Å². The number of nitrogens with zero attached hydrogens (tertiary/aromatic N) is 20. The van der Waals surface area contributed by atoms with Gasteiger partial charge in [0.05, 0.1) is 64.7 Å². The van der Waals surface area contributed by atoms with Gasteiger partial charge in [0.2, 0.25) is 0 Å². The predicted octanol–water partition coefficient (Wildman–Crippen LogP) is 8.60. The van der Waals surface area contributed by atoms with Crippen LogP contribution in [-0.2, 0) is 0 Å². The van der Waals surface area contributed by atoms with Crippen LogP contribution in [0.1, 0.15) is 81.5 Å². The topological polar surface area (TPSA) is 296 Å². The highest BCUT2D eigenvalue weighted by Gasteiger charge is 2.14. The van der Waals surface area contributed by atoms with Crippen LogP contribution >= 0.6 is 0 Å². The van der Waals surface area contributed by atoms with E-state index in [4.69, 9.17) is 0 Å². The summed E-state index contributed by atoms with van der Waals surface area (Å²) < 4.78 is 8.35. The van der Waals surface area contributed by atoms with E-state index in [1.807, 2.05) is 118 Å². The van der Waals surface area contributed by atoms with Gasteiger partial charge in [-0.3, -0.25) is 29.3 Å². The fraction of sp³-hybridized carbons (Fsp3) is 0.0429. The lowest BCUT2D eigenvalue weighted by molar-refractivity contribution is 0.101. The van der Waals surface area contributed by atoms with Crippen molar-refractivity contribution in [2.24, 2.45) is 0 Å². The third-order valence-corrected chi connectivity index (χ3v) is 13.9. The molecule has 0 bridgehead atoms. The number of carbonyl (C=O) groups is 3. The Morgan fingerprint density at radius 2 is 0.760 bits per heavy atom.